The van der Waals surface area contributed by atoms with Gasteiger partial charge in [-0.3, -0.25) is 4.79 Å². The molecule has 0 spiro atoms. The largest absolute Gasteiger partial charge is 0.460 e. The summed E-state index contributed by atoms with van der Waals surface area (Å²) in [6.07, 6.45) is 9.27. The summed E-state index contributed by atoms with van der Waals surface area (Å²) < 4.78 is 5.73. The van der Waals surface area contributed by atoms with Crippen molar-refractivity contribution in [2.75, 3.05) is 0 Å². The Bertz CT molecular complexity index is 1010. The molecule has 5 aliphatic carbocycles. The van der Waals surface area contributed by atoms with Crippen LogP contribution in [0, 0.1) is 50.7 Å². The molecule has 0 aromatic carbocycles. The maximum Gasteiger partial charge on any atom is 0.302 e. The molecule has 3 saturated carbocycles. The number of aliphatic hydroxyl groups excluding tert-OH is 2. The summed E-state index contributed by atoms with van der Waals surface area (Å²) in [5.74, 6) is 1.49. The van der Waals surface area contributed by atoms with Crippen LogP contribution in [0.1, 0.15) is 101 Å². The van der Waals surface area contributed by atoms with E-state index in [4.69, 9.17) is 4.74 Å². The molecule has 0 heterocycles. The van der Waals surface area contributed by atoms with Gasteiger partial charge in [0.25, 0.3) is 0 Å². The molecule has 0 radical (unpaired) electrons. The molecule has 4 nitrogen and oxygen atoms in total. The zero-order valence-corrected chi connectivity index (χ0v) is 24.1. The highest BCUT2D eigenvalue weighted by Gasteiger charge is 2.69. The van der Waals surface area contributed by atoms with Gasteiger partial charge in [0.1, 0.15) is 6.10 Å². The molecule has 0 aromatic rings. The number of ether oxygens (including phenoxy) is 1. The van der Waals surface area contributed by atoms with E-state index in [0.717, 1.165) is 12.8 Å². The Labute approximate surface area is 219 Å². The fraction of sp³-hybridized carbons (Fsp3) is 0.844. The van der Waals surface area contributed by atoms with Gasteiger partial charge in [0.15, 0.2) is 0 Å². The van der Waals surface area contributed by atoms with Crippen LogP contribution in [0.15, 0.2) is 23.3 Å². The van der Waals surface area contributed by atoms with Crippen molar-refractivity contribution in [3.05, 3.63) is 23.3 Å². The van der Waals surface area contributed by atoms with Crippen LogP contribution < -0.4 is 0 Å². The SMILES string of the molecule is CC(=O)O[C@@H]1C[C@@]2(C)C(=CC[C@]3(C)[C@@H]2[C@H](O)C=C2[C@@H]4[C@@H](C)[C@H](C)CC[C@]4(C)CC[C@]23C)C(C)(C)[C@H]1O. The Kier molecular flexibility index (Phi) is 5.84. The lowest BCUT2D eigenvalue weighted by Crippen LogP contribution is -2.66. The van der Waals surface area contributed by atoms with Crippen molar-refractivity contribution in [1.82, 2.24) is 0 Å². The van der Waals surface area contributed by atoms with E-state index in [1.807, 2.05) is 0 Å². The van der Waals surface area contributed by atoms with Crippen molar-refractivity contribution in [3.8, 4) is 0 Å². The van der Waals surface area contributed by atoms with Crippen LogP contribution in [0.4, 0.5) is 0 Å². The Hall–Kier alpha value is -1.13. The molecule has 0 amide bonds. The molecule has 202 valence electrons. The van der Waals surface area contributed by atoms with E-state index >= 15 is 0 Å². The minimum atomic E-state index is -0.757. The van der Waals surface area contributed by atoms with Gasteiger partial charge < -0.3 is 14.9 Å². The highest BCUT2D eigenvalue weighted by molar-refractivity contribution is 5.66. The predicted molar refractivity (Wildman–Crippen MR) is 143 cm³/mol. The van der Waals surface area contributed by atoms with Crippen LogP contribution in [0.3, 0.4) is 0 Å². The molecule has 0 aromatic heterocycles. The van der Waals surface area contributed by atoms with Crippen molar-refractivity contribution in [2.24, 2.45) is 50.7 Å². The predicted octanol–water partition coefficient (Wildman–Crippen LogP) is 6.46. The summed E-state index contributed by atoms with van der Waals surface area (Å²) >= 11 is 0. The average molecular weight is 499 g/mol. The van der Waals surface area contributed by atoms with Gasteiger partial charge in [-0.25, -0.2) is 0 Å². The van der Waals surface area contributed by atoms with Crippen molar-refractivity contribution >= 4 is 5.97 Å². The standard InChI is InChI=1S/C32H50O4/c1-18-10-12-29(6)14-15-31(8)21(25(29)19(18)2)16-22(34)26-30(7)17-23(36-20(3)33)27(35)28(4,5)24(30)11-13-32(26,31)9/h11,16,18-19,22-23,25-27,34-35H,10,12-15,17H2,1-9H3/t18-,19+,22-,23-,25+,26-,27+,29-,30+,31-,32-/m1/s1. The van der Waals surface area contributed by atoms with E-state index in [0.29, 0.717) is 29.6 Å². The molecule has 0 saturated heterocycles. The van der Waals surface area contributed by atoms with Gasteiger partial charge in [-0.2, -0.15) is 0 Å². The van der Waals surface area contributed by atoms with E-state index in [9.17, 15) is 15.0 Å². The Balaban J connectivity index is 1.65. The van der Waals surface area contributed by atoms with Gasteiger partial charge >= 0.3 is 5.97 Å². The molecule has 36 heavy (non-hydrogen) atoms. The van der Waals surface area contributed by atoms with Crippen molar-refractivity contribution in [2.45, 2.75) is 119 Å². The van der Waals surface area contributed by atoms with Gasteiger partial charge in [-0.15, -0.1) is 0 Å². The molecule has 11 atom stereocenters. The Morgan fingerprint density at radius 1 is 1.03 bits per heavy atom. The zero-order valence-electron chi connectivity index (χ0n) is 24.1. The number of carbonyl (C=O) groups is 1. The summed E-state index contributed by atoms with van der Waals surface area (Å²) in [4.78, 5) is 12.0. The van der Waals surface area contributed by atoms with Crippen molar-refractivity contribution in [1.29, 1.82) is 0 Å². The fourth-order valence-electron chi connectivity index (χ4n) is 10.7. The van der Waals surface area contributed by atoms with Crippen molar-refractivity contribution in [3.63, 3.8) is 0 Å². The number of rotatable bonds is 1. The monoisotopic (exact) mass is 498 g/mol. The summed E-state index contributed by atoms with van der Waals surface area (Å²) in [6.45, 7) is 20.2. The topological polar surface area (TPSA) is 66.8 Å². The molecule has 0 unspecified atom stereocenters. The molecular weight excluding hydrogens is 448 g/mol. The third-order valence-electron chi connectivity index (χ3n) is 12.9. The molecule has 5 aliphatic rings. The highest BCUT2D eigenvalue weighted by Crippen LogP contribution is 2.74. The van der Waals surface area contributed by atoms with Gasteiger partial charge in [-0.05, 0) is 77.9 Å². The van der Waals surface area contributed by atoms with Gasteiger partial charge in [0.2, 0.25) is 0 Å². The van der Waals surface area contributed by atoms with E-state index < -0.39 is 23.7 Å². The van der Waals surface area contributed by atoms with E-state index in [1.54, 1.807) is 0 Å². The Morgan fingerprint density at radius 3 is 2.33 bits per heavy atom. The lowest BCUT2D eigenvalue weighted by atomic mass is 9.34. The summed E-state index contributed by atoms with van der Waals surface area (Å²) in [5, 5.41) is 23.4. The first-order chi connectivity index (χ1) is 16.5. The van der Waals surface area contributed by atoms with Gasteiger partial charge in [-0.1, -0.05) is 78.7 Å². The van der Waals surface area contributed by atoms with Gasteiger partial charge in [0.05, 0.1) is 12.2 Å². The van der Waals surface area contributed by atoms with Crippen molar-refractivity contribution < 1.29 is 19.7 Å². The summed E-state index contributed by atoms with van der Waals surface area (Å²) in [5.41, 5.74) is 2.06. The van der Waals surface area contributed by atoms with E-state index in [2.05, 4.69) is 67.5 Å². The minimum absolute atomic E-state index is 0.00394. The number of hydrogen-bond donors (Lipinski definition) is 2. The van der Waals surface area contributed by atoms with Crippen LogP contribution in [0.25, 0.3) is 0 Å². The number of allylic oxidation sites excluding steroid dienone is 2. The minimum Gasteiger partial charge on any atom is -0.460 e. The zero-order chi connectivity index (χ0) is 26.6. The average Bonchev–Trinajstić information content (AvgIpc) is 2.76. The number of fused-ring (bicyclic) bond motifs is 7. The van der Waals surface area contributed by atoms with Crippen LogP contribution >= 0.6 is 0 Å². The highest BCUT2D eigenvalue weighted by atomic mass is 16.6. The molecule has 2 N–H and O–H groups in total. The quantitative estimate of drug-likeness (QED) is 0.322. The van der Waals surface area contributed by atoms with E-state index in [-0.39, 0.29) is 28.1 Å². The van der Waals surface area contributed by atoms with Crippen LogP contribution in [0.2, 0.25) is 0 Å². The third-order valence-corrected chi connectivity index (χ3v) is 12.9. The Morgan fingerprint density at radius 2 is 1.69 bits per heavy atom. The molecule has 3 fully saturated rings. The first-order valence-electron chi connectivity index (χ1n) is 14.5. The summed E-state index contributed by atoms with van der Waals surface area (Å²) in [6, 6.07) is 0. The second-order valence-corrected chi connectivity index (χ2v) is 15.1. The molecule has 0 aliphatic heterocycles. The first-order valence-corrected chi connectivity index (χ1v) is 14.5. The number of esters is 1. The van der Waals surface area contributed by atoms with Crippen LogP contribution in [-0.4, -0.2) is 34.5 Å². The lowest BCUT2D eigenvalue weighted by molar-refractivity contribution is -0.186. The van der Waals surface area contributed by atoms with Gasteiger partial charge in [0, 0.05) is 18.3 Å². The smallest absolute Gasteiger partial charge is 0.302 e. The molecular formula is C32H50O4. The first kappa shape index (κ1) is 26.5. The second-order valence-electron chi connectivity index (χ2n) is 15.1. The van der Waals surface area contributed by atoms with Crippen LogP contribution in [-0.2, 0) is 9.53 Å². The fourth-order valence-corrected chi connectivity index (χ4v) is 10.7. The molecule has 0 bridgehead atoms. The normalized spacial score (nSPS) is 53.6. The number of carbonyl (C=O) groups excluding carboxylic acids is 1. The maximum absolute atomic E-state index is 12.1. The second kappa shape index (κ2) is 7.94. The maximum atomic E-state index is 12.1. The van der Waals surface area contributed by atoms with Crippen LogP contribution in [0.5, 0.6) is 0 Å². The molecule has 5 rings (SSSR count). The number of aliphatic hydroxyl groups is 2. The number of hydrogen-bond acceptors (Lipinski definition) is 4. The third kappa shape index (κ3) is 3.22. The molecule has 4 heteroatoms. The lowest BCUT2D eigenvalue weighted by Gasteiger charge is -2.70. The van der Waals surface area contributed by atoms with E-state index in [1.165, 1.54) is 37.3 Å². The summed E-state index contributed by atoms with van der Waals surface area (Å²) in [7, 11) is 0.